The van der Waals surface area contributed by atoms with Gasteiger partial charge < -0.3 is 9.88 Å². The smallest absolute Gasteiger partial charge is 0.261 e. The maximum absolute atomic E-state index is 12.8. The van der Waals surface area contributed by atoms with Crippen molar-refractivity contribution >= 4 is 17.2 Å². The summed E-state index contributed by atoms with van der Waals surface area (Å²) in [5.74, 6) is 0.992. The van der Waals surface area contributed by atoms with Gasteiger partial charge >= 0.3 is 0 Å². The van der Waals surface area contributed by atoms with Crippen LogP contribution < -0.4 is 5.32 Å². The average molecular weight is 414 g/mol. The Balaban J connectivity index is 1.22. The van der Waals surface area contributed by atoms with Gasteiger partial charge in [-0.1, -0.05) is 54.6 Å². The van der Waals surface area contributed by atoms with Gasteiger partial charge in [0.15, 0.2) is 0 Å². The molecule has 4 nitrogen and oxygen atoms in total. The molecule has 1 aliphatic carbocycles. The first-order valence-electron chi connectivity index (χ1n) is 10.3. The van der Waals surface area contributed by atoms with E-state index in [4.69, 9.17) is 0 Å². The van der Waals surface area contributed by atoms with Crippen LogP contribution in [0.4, 0.5) is 0 Å². The number of hydrogen-bond acceptors (Lipinski definition) is 3. The van der Waals surface area contributed by atoms with Crippen LogP contribution >= 0.6 is 11.3 Å². The Morgan fingerprint density at radius 3 is 2.73 bits per heavy atom. The lowest BCUT2D eigenvalue weighted by atomic mass is 9.91. The highest BCUT2D eigenvalue weighted by atomic mass is 32.1. The SMILES string of the molecule is O=C(NCCc1nccn1Cc1ccccc1)c1cc2c(s1)-c1ccccc1CC2. The zero-order valence-corrected chi connectivity index (χ0v) is 17.5. The largest absolute Gasteiger partial charge is 0.351 e. The molecule has 5 rings (SSSR count). The summed E-state index contributed by atoms with van der Waals surface area (Å²) in [5.41, 5.74) is 5.20. The number of amides is 1. The number of benzene rings is 2. The molecule has 4 aromatic rings. The van der Waals surface area contributed by atoms with E-state index in [1.54, 1.807) is 11.3 Å². The van der Waals surface area contributed by atoms with Crippen LogP contribution in [0.25, 0.3) is 10.4 Å². The van der Waals surface area contributed by atoms with Crippen LogP contribution in [-0.2, 0) is 25.8 Å². The highest BCUT2D eigenvalue weighted by Crippen LogP contribution is 2.39. The third-order valence-electron chi connectivity index (χ3n) is 5.59. The van der Waals surface area contributed by atoms with Gasteiger partial charge in [0.05, 0.1) is 4.88 Å². The molecular formula is C25H23N3OS. The van der Waals surface area contributed by atoms with Gasteiger partial charge in [0.1, 0.15) is 5.82 Å². The zero-order chi connectivity index (χ0) is 20.3. The van der Waals surface area contributed by atoms with Crippen LogP contribution in [0.3, 0.4) is 0 Å². The number of carbonyl (C=O) groups is 1. The van der Waals surface area contributed by atoms with E-state index in [1.165, 1.54) is 27.1 Å². The second-order valence-corrected chi connectivity index (χ2v) is 8.64. The molecule has 0 unspecified atom stereocenters. The van der Waals surface area contributed by atoms with Gasteiger partial charge in [-0.2, -0.15) is 0 Å². The summed E-state index contributed by atoms with van der Waals surface area (Å²) < 4.78 is 2.14. The van der Waals surface area contributed by atoms with E-state index in [0.29, 0.717) is 13.0 Å². The van der Waals surface area contributed by atoms with Gasteiger partial charge in [0, 0.05) is 36.8 Å². The predicted octanol–water partition coefficient (Wildman–Crippen LogP) is 4.73. The maximum atomic E-state index is 12.8. The van der Waals surface area contributed by atoms with Crippen molar-refractivity contribution < 1.29 is 4.79 Å². The molecule has 0 aliphatic heterocycles. The quantitative estimate of drug-likeness (QED) is 0.497. The van der Waals surface area contributed by atoms with E-state index in [9.17, 15) is 4.79 Å². The number of imidazole rings is 1. The van der Waals surface area contributed by atoms with Crippen molar-refractivity contribution in [2.24, 2.45) is 0 Å². The predicted molar refractivity (Wildman–Crippen MR) is 121 cm³/mol. The lowest BCUT2D eigenvalue weighted by molar-refractivity contribution is 0.0958. The van der Waals surface area contributed by atoms with E-state index < -0.39 is 0 Å². The lowest BCUT2D eigenvalue weighted by Gasteiger charge is -2.15. The van der Waals surface area contributed by atoms with Crippen LogP contribution in [0.15, 0.2) is 73.1 Å². The number of fused-ring (bicyclic) bond motifs is 3. The molecule has 0 fully saturated rings. The lowest BCUT2D eigenvalue weighted by Crippen LogP contribution is -2.25. The third-order valence-corrected chi connectivity index (χ3v) is 6.80. The molecule has 5 heteroatoms. The molecule has 1 amide bonds. The first-order chi connectivity index (χ1) is 14.8. The minimum absolute atomic E-state index is 0.00745. The number of hydrogen-bond donors (Lipinski definition) is 1. The number of rotatable bonds is 6. The molecule has 1 aliphatic rings. The fourth-order valence-corrected chi connectivity index (χ4v) is 5.24. The fourth-order valence-electron chi connectivity index (χ4n) is 4.05. The molecule has 2 aromatic carbocycles. The minimum Gasteiger partial charge on any atom is -0.351 e. The molecule has 2 aromatic heterocycles. The van der Waals surface area contributed by atoms with Gasteiger partial charge in [0.2, 0.25) is 0 Å². The van der Waals surface area contributed by atoms with Gasteiger partial charge in [-0.15, -0.1) is 11.3 Å². The summed E-state index contributed by atoms with van der Waals surface area (Å²) in [4.78, 5) is 19.3. The Morgan fingerprint density at radius 2 is 1.83 bits per heavy atom. The molecular weight excluding hydrogens is 390 g/mol. The van der Waals surface area contributed by atoms with Crippen molar-refractivity contribution in [1.82, 2.24) is 14.9 Å². The summed E-state index contributed by atoms with van der Waals surface area (Å²) >= 11 is 1.61. The van der Waals surface area contributed by atoms with Crippen molar-refractivity contribution in [3.8, 4) is 10.4 Å². The van der Waals surface area contributed by atoms with Crippen molar-refractivity contribution in [3.05, 3.63) is 100 Å². The van der Waals surface area contributed by atoms with E-state index in [1.807, 2.05) is 30.6 Å². The highest BCUT2D eigenvalue weighted by Gasteiger charge is 2.21. The summed E-state index contributed by atoms with van der Waals surface area (Å²) in [6.45, 7) is 1.37. The summed E-state index contributed by atoms with van der Waals surface area (Å²) in [6.07, 6.45) is 6.58. The van der Waals surface area contributed by atoms with Crippen molar-refractivity contribution in [2.45, 2.75) is 25.8 Å². The van der Waals surface area contributed by atoms with Crippen LogP contribution in [0.5, 0.6) is 0 Å². The van der Waals surface area contributed by atoms with Crippen molar-refractivity contribution in [1.29, 1.82) is 0 Å². The summed E-state index contributed by atoms with van der Waals surface area (Å²) in [5, 5.41) is 3.08. The van der Waals surface area contributed by atoms with Gasteiger partial charge in [-0.3, -0.25) is 4.79 Å². The fraction of sp³-hybridized carbons (Fsp3) is 0.200. The summed E-state index contributed by atoms with van der Waals surface area (Å²) in [6, 6.07) is 20.9. The first-order valence-corrected chi connectivity index (χ1v) is 11.1. The highest BCUT2D eigenvalue weighted by molar-refractivity contribution is 7.17. The summed E-state index contributed by atoms with van der Waals surface area (Å²) in [7, 11) is 0. The van der Waals surface area contributed by atoms with Gasteiger partial charge in [-0.25, -0.2) is 4.98 Å². The average Bonchev–Trinajstić information content (AvgIpc) is 3.41. The standard InChI is InChI=1S/C25H23N3OS/c29-25(22-16-20-11-10-19-8-4-5-9-21(19)24(20)30-22)27-13-12-23-26-14-15-28(23)17-18-6-2-1-3-7-18/h1-9,14-16H,10-13,17H2,(H,27,29). The van der Waals surface area contributed by atoms with Crippen LogP contribution in [-0.4, -0.2) is 22.0 Å². The number of aromatic nitrogens is 2. The second-order valence-electron chi connectivity index (χ2n) is 7.59. The molecule has 0 radical (unpaired) electrons. The van der Waals surface area contributed by atoms with Crippen molar-refractivity contribution in [2.75, 3.05) is 6.54 Å². The molecule has 0 atom stereocenters. The Hall–Kier alpha value is -3.18. The van der Waals surface area contributed by atoms with Crippen LogP contribution in [0, 0.1) is 0 Å². The van der Waals surface area contributed by atoms with Crippen LogP contribution in [0.1, 0.15) is 32.2 Å². The van der Waals surface area contributed by atoms with Crippen LogP contribution in [0.2, 0.25) is 0 Å². The van der Waals surface area contributed by atoms with Crippen molar-refractivity contribution in [3.63, 3.8) is 0 Å². The normalized spacial score (nSPS) is 12.3. The number of nitrogens with one attached hydrogen (secondary N) is 1. The van der Waals surface area contributed by atoms with Gasteiger partial charge in [0.25, 0.3) is 5.91 Å². The van der Waals surface area contributed by atoms with E-state index in [2.05, 4.69) is 57.3 Å². The Labute approximate surface area is 180 Å². The molecule has 0 saturated carbocycles. The molecule has 0 saturated heterocycles. The molecule has 30 heavy (non-hydrogen) atoms. The third kappa shape index (κ3) is 3.81. The van der Waals surface area contributed by atoms with E-state index in [0.717, 1.165) is 30.1 Å². The zero-order valence-electron chi connectivity index (χ0n) is 16.7. The number of aryl methyl sites for hydroxylation is 2. The number of nitrogens with zero attached hydrogens (tertiary/aromatic N) is 2. The maximum Gasteiger partial charge on any atom is 0.261 e. The topological polar surface area (TPSA) is 46.9 Å². The first kappa shape index (κ1) is 18.8. The number of thiophene rings is 1. The number of carbonyl (C=O) groups excluding carboxylic acids is 1. The molecule has 0 bridgehead atoms. The van der Waals surface area contributed by atoms with E-state index in [-0.39, 0.29) is 5.91 Å². The molecule has 0 spiro atoms. The van der Waals surface area contributed by atoms with Gasteiger partial charge in [-0.05, 0) is 41.2 Å². The Bertz CT molecular complexity index is 1180. The Kier molecular flexibility index (Phi) is 5.20. The Morgan fingerprint density at radius 1 is 1.03 bits per heavy atom. The minimum atomic E-state index is 0.00745. The van der Waals surface area contributed by atoms with E-state index >= 15 is 0 Å². The molecule has 1 N–H and O–H groups in total. The monoisotopic (exact) mass is 413 g/mol. The molecule has 150 valence electrons. The second kappa shape index (κ2) is 8.28. The molecule has 2 heterocycles.